The standard InChI is InChI=1S/C19H20N4O5/c1-12(13-4-2-5-14(10-13)23-8-9-28-19(23)27)22-16(25)11-21-18(26)17-15(24)6-3-7-20-17/h2-7,10,12,24H,8-9,11H2,1H3,(H,21,26)(H,22,25)/t12-/m0/s1. The lowest BCUT2D eigenvalue weighted by molar-refractivity contribution is -0.120. The highest BCUT2D eigenvalue weighted by Crippen LogP contribution is 2.23. The predicted molar refractivity (Wildman–Crippen MR) is 99.9 cm³/mol. The van der Waals surface area contributed by atoms with Gasteiger partial charge in [-0.05, 0) is 36.8 Å². The highest BCUT2D eigenvalue weighted by molar-refractivity contribution is 5.97. The van der Waals surface area contributed by atoms with Gasteiger partial charge in [0, 0.05) is 11.9 Å². The minimum absolute atomic E-state index is 0.145. The summed E-state index contributed by atoms with van der Waals surface area (Å²) in [6.45, 7) is 2.36. The molecule has 9 heteroatoms. The lowest BCUT2D eigenvalue weighted by Gasteiger charge is -2.18. The Hall–Kier alpha value is -3.62. The van der Waals surface area contributed by atoms with E-state index in [2.05, 4.69) is 15.6 Å². The zero-order valence-electron chi connectivity index (χ0n) is 15.2. The number of amides is 3. The summed E-state index contributed by atoms with van der Waals surface area (Å²) >= 11 is 0. The second-order valence-electron chi connectivity index (χ2n) is 6.20. The number of nitrogens with zero attached hydrogens (tertiary/aromatic N) is 2. The van der Waals surface area contributed by atoms with Crippen LogP contribution in [0.1, 0.15) is 29.0 Å². The van der Waals surface area contributed by atoms with Gasteiger partial charge in [-0.1, -0.05) is 12.1 Å². The summed E-state index contributed by atoms with van der Waals surface area (Å²) in [4.78, 5) is 41.1. The van der Waals surface area contributed by atoms with Crippen LogP contribution in [0.5, 0.6) is 5.75 Å². The number of carbonyl (C=O) groups excluding carboxylic acids is 3. The number of nitrogens with one attached hydrogen (secondary N) is 2. The van der Waals surface area contributed by atoms with E-state index >= 15 is 0 Å². The fourth-order valence-corrected chi connectivity index (χ4v) is 2.78. The summed E-state index contributed by atoms with van der Waals surface area (Å²) in [7, 11) is 0. The van der Waals surface area contributed by atoms with E-state index in [1.54, 1.807) is 19.1 Å². The Morgan fingerprint density at radius 3 is 2.86 bits per heavy atom. The molecule has 1 aliphatic heterocycles. The molecule has 1 saturated heterocycles. The Labute approximate surface area is 161 Å². The molecule has 0 radical (unpaired) electrons. The largest absolute Gasteiger partial charge is 0.505 e. The van der Waals surface area contributed by atoms with Gasteiger partial charge in [0.2, 0.25) is 5.91 Å². The van der Waals surface area contributed by atoms with Crippen molar-refractivity contribution in [2.45, 2.75) is 13.0 Å². The molecule has 0 spiro atoms. The van der Waals surface area contributed by atoms with Crippen molar-refractivity contribution in [2.75, 3.05) is 24.6 Å². The second kappa shape index (κ2) is 8.38. The molecule has 0 aliphatic carbocycles. The smallest absolute Gasteiger partial charge is 0.414 e. The number of anilines is 1. The van der Waals surface area contributed by atoms with Crippen molar-refractivity contribution in [3.63, 3.8) is 0 Å². The highest BCUT2D eigenvalue weighted by Gasteiger charge is 2.24. The van der Waals surface area contributed by atoms with Crippen LogP contribution in [0.15, 0.2) is 42.6 Å². The van der Waals surface area contributed by atoms with Crippen molar-refractivity contribution in [2.24, 2.45) is 0 Å². The minimum Gasteiger partial charge on any atom is -0.505 e. The molecule has 2 heterocycles. The van der Waals surface area contributed by atoms with Crippen molar-refractivity contribution in [3.05, 3.63) is 53.9 Å². The van der Waals surface area contributed by atoms with Crippen LogP contribution in [0.25, 0.3) is 0 Å². The Bertz CT molecular complexity index is 901. The maximum atomic E-state index is 12.1. The molecule has 1 atom stereocenters. The molecule has 1 aliphatic rings. The van der Waals surface area contributed by atoms with Gasteiger partial charge in [0.1, 0.15) is 12.4 Å². The number of pyridine rings is 1. The van der Waals surface area contributed by atoms with E-state index in [-0.39, 0.29) is 24.0 Å². The molecular formula is C19H20N4O5. The fraction of sp³-hybridized carbons (Fsp3) is 0.263. The van der Waals surface area contributed by atoms with Crippen LogP contribution in [0.3, 0.4) is 0 Å². The molecule has 1 fully saturated rings. The van der Waals surface area contributed by atoms with Crippen LogP contribution in [-0.2, 0) is 9.53 Å². The van der Waals surface area contributed by atoms with Crippen molar-refractivity contribution in [1.29, 1.82) is 0 Å². The summed E-state index contributed by atoms with van der Waals surface area (Å²) in [6, 6.07) is 9.73. The van der Waals surface area contributed by atoms with Crippen LogP contribution < -0.4 is 15.5 Å². The molecule has 1 aromatic heterocycles. The van der Waals surface area contributed by atoms with Crippen LogP contribution in [0.4, 0.5) is 10.5 Å². The van der Waals surface area contributed by atoms with E-state index in [4.69, 9.17) is 4.74 Å². The van der Waals surface area contributed by atoms with E-state index < -0.39 is 17.9 Å². The van der Waals surface area contributed by atoms with Gasteiger partial charge in [-0.15, -0.1) is 0 Å². The van der Waals surface area contributed by atoms with Crippen LogP contribution in [0.2, 0.25) is 0 Å². The zero-order valence-corrected chi connectivity index (χ0v) is 15.2. The van der Waals surface area contributed by atoms with Gasteiger partial charge in [0.25, 0.3) is 5.91 Å². The van der Waals surface area contributed by atoms with Gasteiger partial charge in [0.15, 0.2) is 5.69 Å². The van der Waals surface area contributed by atoms with Crippen LogP contribution >= 0.6 is 0 Å². The Kier molecular flexibility index (Phi) is 5.73. The average Bonchev–Trinajstić information content (AvgIpc) is 3.12. The van der Waals surface area contributed by atoms with Gasteiger partial charge in [-0.25, -0.2) is 9.78 Å². The molecule has 0 unspecified atom stereocenters. The van der Waals surface area contributed by atoms with Crippen molar-refractivity contribution < 1.29 is 24.2 Å². The number of ether oxygens (including phenoxy) is 1. The Morgan fingerprint density at radius 1 is 1.32 bits per heavy atom. The van der Waals surface area contributed by atoms with Crippen LogP contribution in [-0.4, -0.2) is 47.7 Å². The molecule has 3 amide bonds. The maximum absolute atomic E-state index is 12.1. The van der Waals surface area contributed by atoms with Gasteiger partial charge in [0.05, 0.1) is 19.1 Å². The summed E-state index contributed by atoms with van der Waals surface area (Å²) in [5.41, 5.74) is 1.35. The highest BCUT2D eigenvalue weighted by atomic mass is 16.6. The number of hydrogen-bond acceptors (Lipinski definition) is 6. The third-order valence-corrected chi connectivity index (χ3v) is 4.23. The fourth-order valence-electron chi connectivity index (χ4n) is 2.78. The molecule has 1 aromatic carbocycles. The quantitative estimate of drug-likeness (QED) is 0.691. The molecule has 28 heavy (non-hydrogen) atoms. The number of hydrogen-bond donors (Lipinski definition) is 3. The van der Waals surface area contributed by atoms with Crippen molar-refractivity contribution >= 4 is 23.6 Å². The van der Waals surface area contributed by atoms with Crippen LogP contribution in [0, 0.1) is 0 Å². The van der Waals surface area contributed by atoms with E-state index in [9.17, 15) is 19.5 Å². The monoisotopic (exact) mass is 384 g/mol. The summed E-state index contributed by atoms with van der Waals surface area (Å²) < 4.78 is 4.94. The average molecular weight is 384 g/mol. The molecule has 2 aromatic rings. The molecule has 0 bridgehead atoms. The van der Waals surface area contributed by atoms with Gasteiger partial charge >= 0.3 is 6.09 Å². The first-order chi connectivity index (χ1) is 13.5. The molecule has 0 saturated carbocycles. The van der Waals surface area contributed by atoms with E-state index in [1.165, 1.54) is 23.2 Å². The lowest BCUT2D eigenvalue weighted by atomic mass is 10.1. The number of cyclic esters (lactones) is 1. The third kappa shape index (κ3) is 4.37. The molecular weight excluding hydrogens is 364 g/mol. The van der Waals surface area contributed by atoms with Gasteiger partial charge < -0.3 is 20.5 Å². The molecule has 9 nitrogen and oxygen atoms in total. The summed E-state index contributed by atoms with van der Waals surface area (Å²) in [6.07, 6.45) is 0.981. The SMILES string of the molecule is C[C@H](NC(=O)CNC(=O)c1ncccc1O)c1cccc(N2CCOC2=O)c1. The lowest BCUT2D eigenvalue weighted by Crippen LogP contribution is -2.38. The summed E-state index contributed by atoms with van der Waals surface area (Å²) in [5.74, 6) is -1.30. The third-order valence-electron chi connectivity index (χ3n) is 4.23. The normalized spacial score (nSPS) is 14.3. The molecule has 3 N–H and O–H groups in total. The molecule has 3 rings (SSSR count). The van der Waals surface area contributed by atoms with E-state index in [1.807, 2.05) is 12.1 Å². The number of aromatic nitrogens is 1. The van der Waals surface area contributed by atoms with Gasteiger partial charge in [-0.2, -0.15) is 0 Å². The number of rotatable bonds is 6. The first-order valence-corrected chi connectivity index (χ1v) is 8.71. The van der Waals surface area contributed by atoms with Crippen molar-refractivity contribution in [1.82, 2.24) is 15.6 Å². The first-order valence-electron chi connectivity index (χ1n) is 8.71. The topological polar surface area (TPSA) is 121 Å². The number of benzene rings is 1. The van der Waals surface area contributed by atoms with E-state index in [0.717, 1.165) is 5.56 Å². The number of aromatic hydroxyl groups is 1. The van der Waals surface area contributed by atoms with Gasteiger partial charge in [-0.3, -0.25) is 14.5 Å². The van der Waals surface area contributed by atoms with E-state index in [0.29, 0.717) is 18.8 Å². The minimum atomic E-state index is -0.643. The Balaban J connectivity index is 1.56. The zero-order chi connectivity index (χ0) is 20.1. The first kappa shape index (κ1) is 19.2. The second-order valence-corrected chi connectivity index (χ2v) is 6.20. The molecule has 146 valence electrons. The number of carbonyl (C=O) groups is 3. The predicted octanol–water partition coefficient (Wildman–Crippen LogP) is 1.35. The van der Waals surface area contributed by atoms with Crippen molar-refractivity contribution in [3.8, 4) is 5.75 Å². The Morgan fingerprint density at radius 2 is 2.14 bits per heavy atom. The maximum Gasteiger partial charge on any atom is 0.414 e. The summed E-state index contributed by atoms with van der Waals surface area (Å²) in [5, 5.41) is 14.8.